The van der Waals surface area contributed by atoms with Crippen LogP contribution in [-0.2, 0) is 9.53 Å². The van der Waals surface area contributed by atoms with Crippen LogP contribution >= 0.6 is 11.3 Å². The summed E-state index contributed by atoms with van der Waals surface area (Å²) in [4.78, 5) is 17.4. The number of ether oxygens (including phenoxy) is 1. The fourth-order valence-corrected chi connectivity index (χ4v) is 2.13. The van der Waals surface area contributed by atoms with E-state index in [1.54, 1.807) is 18.3 Å². The van der Waals surface area contributed by atoms with E-state index < -0.39 is 0 Å². The molecule has 1 aliphatic rings. The van der Waals surface area contributed by atoms with Crippen LogP contribution in [0.1, 0.15) is 6.92 Å². The maximum atomic E-state index is 11.2. The Labute approximate surface area is 91.5 Å². The Morgan fingerprint density at radius 1 is 1.73 bits per heavy atom. The first-order valence-electron chi connectivity index (χ1n) is 4.79. The number of carbonyl (C=O) groups excluding carboxylic acids is 1. The van der Waals surface area contributed by atoms with Crippen molar-refractivity contribution >= 4 is 23.5 Å². The molecule has 15 heavy (non-hydrogen) atoms. The van der Waals surface area contributed by atoms with Crippen molar-refractivity contribution in [2.45, 2.75) is 6.92 Å². The molecule has 4 nitrogen and oxygen atoms in total. The Kier molecular flexibility index (Phi) is 3.01. The van der Waals surface area contributed by atoms with E-state index in [0.717, 1.165) is 9.89 Å². The van der Waals surface area contributed by atoms with Crippen molar-refractivity contribution in [3.63, 3.8) is 0 Å². The lowest BCUT2D eigenvalue weighted by molar-refractivity contribution is -0.143. The van der Waals surface area contributed by atoms with Crippen LogP contribution in [0.2, 0.25) is 0 Å². The Morgan fingerprint density at radius 2 is 2.60 bits per heavy atom. The number of esters is 1. The zero-order valence-corrected chi connectivity index (χ0v) is 9.29. The van der Waals surface area contributed by atoms with Gasteiger partial charge in [0.25, 0.3) is 0 Å². The Balaban J connectivity index is 2.07. The summed E-state index contributed by atoms with van der Waals surface area (Å²) in [6.07, 6.45) is 1.95. The molecule has 80 valence electrons. The molecule has 0 radical (unpaired) electrons. The van der Waals surface area contributed by atoms with Gasteiger partial charge in [-0.05, 0) is 18.4 Å². The van der Waals surface area contributed by atoms with E-state index in [9.17, 15) is 4.79 Å². The molecule has 0 saturated carbocycles. The van der Waals surface area contributed by atoms with E-state index in [1.807, 2.05) is 22.5 Å². The van der Waals surface area contributed by atoms with Gasteiger partial charge in [0.15, 0.2) is 0 Å². The van der Waals surface area contributed by atoms with Crippen LogP contribution in [0.5, 0.6) is 0 Å². The molecule has 0 amide bonds. The van der Waals surface area contributed by atoms with Crippen LogP contribution in [0.15, 0.2) is 16.4 Å². The van der Waals surface area contributed by atoms with Gasteiger partial charge < -0.3 is 9.64 Å². The topological polar surface area (TPSA) is 41.9 Å². The van der Waals surface area contributed by atoms with Gasteiger partial charge in [-0.3, -0.25) is 9.79 Å². The maximum Gasteiger partial charge on any atom is 0.325 e. The molecule has 2 rings (SSSR count). The highest BCUT2D eigenvalue weighted by Crippen LogP contribution is 1.96. The van der Waals surface area contributed by atoms with E-state index in [1.165, 1.54) is 0 Å². The van der Waals surface area contributed by atoms with Crippen LogP contribution in [0, 0.1) is 0 Å². The third-order valence-electron chi connectivity index (χ3n) is 2.03. The van der Waals surface area contributed by atoms with Crippen LogP contribution in [0.3, 0.4) is 0 Å². The summed E-state index contributed by atoms with van der Waals surface area (Å²) in [5, 5.41) is 3.08. The lowest BCUT2D eigenvalue weighted by Gasteiger charge is -2.18. The van der Waals surface area contributed by atoms with Crippen molar-refractivity contribution in [1.82, 2.24) is 4.90 Å². The van der Waals surface area contributed by atoms with Crippen molar-refractivity contribution < 1.29 is 9.53 Å². The predicted molar refractivity (Wildman–Crippen MR) is 57.8 cm³/mol. The second kappa shape index (κ2) is 4.44. The number of hydrogen-bond donors (Lipinski definition) is 0. The summed E-state index contributed by atoms with van der Waals surface area (Å²) in [5.41, 5.74) is 0. The summed E-state index contributed by atoms with van der Waals surface area (Å²) in [6, 6.07) is 2.00. The molecule has 0 aliphatic carbocycles. The first kappa shape index (κ1) is 10.2. The standard InChI is InChI=1S/C10H12N2O2S/c1-2-14-9(13)6-12-5-8-3-4-15-10(8)11-7-12/h3-5H,2,6-7H2,1H3. The SMILES string of the molecule is CCOC(=O)CN1C=c2ccsc2=NC1. The van der Waals surface area contributed by atoms with Gasteiger partial charge in [-0.25, -0.2) is 0 Å². The molecule has 0 saturated heterocycles. The summed E-state index contributed by atoms with van der Waals surface area (Å²) >= 11 is 1.62. The average molecular weight is 224 g/mol. The third kappa shape index (κ3) is 2.36. The minimum absolute atomic E-state index is 0.206. The van der Waals surface area contributed by atoms with Crippen molar-refractivity contribution in [3.8, 4) is 0 Å². The van der Waals surface area contributed by atoms with E-state index in [-0.39, 0.29) is 12.5 Å². The number of nitrogens with zero attached hydrogens (tertiary/aromatic N) is 2. The molecule has 0 fully saturated rings. The molecule has 0 N–H and O–H groups in total. The maximum absolute atomic E-state index is 11.2. The molecular formula is C10H12N2O2S. The van der Waals surface area contributed by atoms with Gasteiger partial charge in [-0.2, -0.15) is 0 Å². The molecule has 0 unspecified atom stereocenters. The minimum Gasteiger partial charge on any atom is -0.465 e. The summed E-state index contributed by atoms with van der Waals surface area (Å²) in [6.45, 7) is 3.03. The molecule has 1 aromatic heterocycles. The van der Waals surface area contributed by atoms with Crippen LogP contribution in [0.4, 0.5) is 0 Å². The van der Waals surface area contributed by atoms with Crippen LogP contribution < -0.4 is 9.89 Å². The molecule has 0 spiro atoms. The number of hydrogen-bond acceptors (Lipinski definition) is 5. The zero-order valence-electron chi connectivity index (χ0n) is 8.47. The number of thiophene rings is 1. The van der Waals surface area contributed by atoms with E-state index in [0.29, 0.717) is 13.3 Å². The fourth-order valence-electron chi connectivity index (χ4n) is 1.40. The first-order valence-corrected chi connectivity index (χ1v) is 5.67. The Bertz CT molecular complexity index is 466. The fraction of sp³-hybridized carbons (Fsp3) is 0.400. The van der Waals surface area contributed by atoms with E-state index >= 15 is 0 Å². The van der Waals surface area contributed by atoms with Gasteiger partial charge in [0, 0.05) is 11.4 Å². The summed E-state index contributed by atoms with van der Waals surface area (Å²) < 4.78 is 5.91. The summed E-state index contributed by atoms with van der Waals surface area (Å²) in [5.74, 6) is -0.206. The number of rotatable bonds is 3. The third-order valence-corrected chi connectivity index (χ3v) is 2.89. The summed E-state index contributed by atoms with van der Waals surface area (Å²) in [7, 11) is 0. The second-order valence-corrected chi connectivity index (χ2v) is 4.06. The molecule has 0 bridgehead atoms. The molecule has 0 atom stereocenters. The lowest BCUT2D eigenvalue weighted by atomic mass is 10.4. The second-order valence-electron chi connectivity index (χ2n) is 3.16. The highest BCUT2D eigenvalue weighted by Gasteiger charge is 2.09. The molecule has 5 heteroatoms. The Hall–Kier alpha value is -1.36. The van der Waals surface area contributed by atoms with Gasteiger partial charge >= 0.3 is 5.97 Å². The van der Waals surface area contributed by atoms with Crippen molar-refractivity contribution in [1.29, 1.82) is 0 Å². The lowest BCUT2D eigenvalue weighted by Crippen LogP contribution is -2.36. The number of carbonyl (C=O) groups is 1. The van der Waals surface area contributed by atoms with Gasteiger partial charge in [-0.15, -0.1) is 11.3 Å². The average Bonchev–Trinajstić information content (AvgIpc) is 2.65. The predicted octanol–water partition coefficient (Wildman–Crippen LogP) is -0.0581. The van der Waals surface area contributed by atoms with Crippen LogP contribution in [0.25, 0.3) is 6.20 Å². The van der Waals surface area contributed by atoms with Crippen molar-refractivity contribution in [2.75, 3.05) is 19.8 Å². The van der Waals surface area contributed by atoms with Crippen molar-refractivity contribution in [2.24, 2.45) is 4.99 Å². The monoisotopic (exact) mass is 224 g/mol. The smallest absolute Gasteiger partial charge is 0.325 e. The zero-order chi connectivity index (χ0) is 10.7. The highest BCUT2D eigenvalue weighted by molar-refractivity contribution is 7.07. The van der Waals surface area contributed by atoms with Gasteiger partial charge in [0.2, 0.25) is 0 Å². The molecule has 1 aromatic rings. The number of fused-ring (bicyclic) bond motifs is 1. The first-order chi connectivity index (χ1) is 7.29. The molecule has 2 heterocycles. The molecule has 1 aliphatic heterocycles. The normalized spacial score (nSPS) is 13.8. The molecule has 0 aromatic carbocycles. The van der Waals surface area contributed by atoms with E-state index in [4.69, 9.17) is 4.74 Å². The Morgan fingerprint density at radius 3 is 3.40 bits per heavy atom. The van der Waals surface area contributed by atoms with Gasteiger partial charge in [-0.1, -0.05) is 0 Å². The van der Waals surface area contributed by atoms with Gasteiger partial charge in [0.05, 0.1) is 6.61 Å². The quantitative estimate of drug-likeness (QED) is 0.676. The highest BCUT2D eigenvalue weighted by atomic mass is 32.1. The van der Waals surface area contributed by atoms with Gasteiger partial charge in [0.1, 0.15) is 17.9 Å². The minimum atomic E-state index is -0.206. The van der Waals surface area contributed by atoms with E-state index in [2.05, 4.69) is 4.99 Å². The molecular weight excluding hydrogens is 212 g/mol. The van der Waals surface area contributed by atoms with Crippen molar-refractivity contribution in [3.05, 3.63) is 21.3 Å². The largest absolute Gasteiger partial charge is 0.465 e. The van der Waals surface area contributed by atoms with Crippen LogP contribution in [-0.4, -0.2) is 30.7 Å².